The van der Waals surface area contributed by atoms with Crippen LogP contribution in [0.1, 0.15) is 0 Å². The SMILES string of the molecule is O=P(O)(OF)Oc1ccccc1F. The average Bonchev–Trinajstić information content (AvgIpc) is 2.09. The van der Waals surface area contributed by atoms with Crippen molar-refractivity contribution in [3.63, 3.8) is 0 Å². The van der Waals surface area contributed by atoms with Crippen LogP contribution in [0.5, 0.6) is 5.75 Å². The number of benzene rings is 1. The normalized spacial score (nSPS) is 15.0. The number of hydrogen-bond donors (Lipinski definition) is 1. The van der Waals surface area contributed by atoms with Gasteiger partial charge >= 0.3 is 7.82 Å². The van der Waals surface area contributed by atoms with E-state index in [0.29, 0.717) is 0 Å². The first-order valence-corrected chi connectivity index (χ1v) is 4.62. The molecule has 4 nitrogen and oxygen atoms in total. The Morgan fingerprint density at radius 2 is 2.00 bits per heavy atom. The minimum absolute atomic E-state index is 0.550. The van der Waals surface area contributed by atoms with Crippen LogP contribution in [0, 0.1) is 5.82 Å². The van der Waals surface area contributed by atoms with Crippen LogP contribution in [0.15, 0.2) is 24.3 Å². The Bertz CT molecular complexity index is 343. The maximum absolute atomic E-state index is 12.7. The van der Waals surface area contributed by atoms with E-state index in [1.165, 1.54) is 12.1 Å². The second kappa shape index (κ2) is 3.83. The highest BCUT2D eigenvalue weighted by Gasteiger charge is 2.25. The van der Waals surface area contributed by atoms with E-state index in [1.54, 1.807) is 0 Å². The molecule has 0 aliphatic heterocycles. The Kier molecular flexibility index (Phi) is 2.98. The molecule has 13 heavy (non-hydrogen) atoms. The Morgan fingerprint density at radius 3 is 2.54 bits per heavy atom. The van der Waals surface area contributed by atoms with Gasteiger partial charge in [-0.3, -0.25) is 4.89 Å². The van der Waals surface area contributed by atoms with E-state index in [2.05, 4.69) is 9.25 Å². The first kappa shape index (κ1) is 10.1. The molecule has 1 aromatic rings. The predicted octanol–water partition coefficient (Wildman–Crippen LogP) is 2.21. The molecule has 0 saturated heterocycles. The number of halogens is 2. The van der Waals surface area contributed by atoms with Crippen LogP contribution < -0.4 is 4.52 Å². The summed E-state index contributed by atoms with van der Waals surface area (Å²) >= 11 is 0. The molecule has 1 rings (SSSR count). The van der Waals surface area contributed by atoms with Crippen molar-refractivity contribution in [2.45, 2.75) is 0 Å². The first-order chi connectivity index (χ1) is 6.05. The highest BCUT2D eigenvalue weighted by Crippen LogP contribution is 2.44. The largest absolute Gasteiger partial charge is 0.559 e. The number of phosphoric ester groups is 1. The number of phosphoric acid groups is 1. The van der Waals surface area contributed by atoms with Crippen molar-refractivity contribution in [3.8, 4) is 5.75 Å². The summed E-state index contributed by atoms with van der Waals surface area (Å²) in [5.74, 6) is -1.43. The second-order valence-electron chi connectivity index (χ2n) is 2.06. The van der Waals surface area contributed by atoms with Crippen LogP contribution in [0.3, 0.4) is 0 Å². The first-order valence-electron chi connectivity index (χ1n) is 3.12. The summed E-state index contributed by atoms with van der Waals surface area (Å²) in [6.07, 6.45) is 0. The van der Waals surface area contributed by atoms with Gasteiger partial charge in [-0.1, -0.05) is 16.9 Å². The van der Waals surface area contributed by atoms with Gasteiger partial charge in [0.05, 0.1) is 0 Å². The summed E-state index contributed by atoms with van der Waals surface area (Å²) in [7, 11) is -4.83. The molecule has 0 aliphatic carbocycles. The van der Waals surface area contributed by atoms with Gasteiger partial charge in [-0.15, -0.1) is 0 Å². The van der Waals surface area contributed by atoms with E-state index < -0.39 is 19.4 Å². The van der Waals surface area contributed by atoms with Crippen molar-refractivity contribution in [2.75, 3.05) is 0 Å². The van der Waals surface area contributed by atoms with E-state index in [-0.39, 0.29) is 0 Å². The number of rotatable bonds is 3. The summed E-state index contributed by atoms with van der Waals surface area (Å²) < 4.78 is 41.2. The Morgan fingerprint density at radius 1 is 1.38 bits per heavy atom. The Labute approximate surface area is 72.2 Å². The van der Waals surface area contributed by atoms with Crippen molar-refractivity contribution in [1.29, 1.82) is 0 Å². The van der Waals surface area contributed by atoms with E-state index in [1.807, 2.05) is 0 Å². The van der Waals surface area contributed by atoms with Gasteiger partial charge in [-0.25, -0.2) is 8.96 Å². The van der Waals surface area contributed by atoms with Gasteiger partial charge < -0.3 is 4.52 Å². The Hall–Kier alpha value is -0.970. The molecule has 0 radical (unpaired) electrons. The summed E-state index contributed by atoms with van der Waals surface area (Å²) in [4.78, 5) is 8.47. The maximum atomic E-state index is 12.7. The lowest BCUT2D eigenvalue weighted by Crippen LogP contribution is -1.93. The molecule has 1 aromatic carbocycles. The number of para-hydroxylation sites is 1. The van der Waals surface area contributed by atoms with Gasteiger partial charge in [0.15, 0.2) is 11.6 Å². The van der Waals surface area contributed by atoms with E-state index in [0.717, 1.165) is 12.1 Å². The standard InChI is InChI=1S/C6H5F2O4P/c7-5-3-1-2-4-6(5)11-13(9,10)12-8/h1-4H,(H,9,10). The zero-order valence-corrected chi connectivity index (χ0v) is 7.08. The van der Waals surface area contributed by atoms with Crippen LogP contribution >= 0.6 is 7.82 Å². The van der Waals surface area contributed by atoms with Crippen molar-refractivity contribution in [2.24, 2.45) is 0 Å². The fraction of sp³-hybridized carbons (Fsp3) is 0. The lowest BCUT2D eigenvalue weighted by molar-refractivity contribution is -0.0365. The van der Waals surface area contributed by atoms with Gasteiger partial charge in [-0.2, -0.15) is 0 Å². The fourth-order valence-electron chi connectivity index (χ4n) is 0.657. The minimum Gasteiger partial charge on any atom is -0.399 e. The zero-order valence-electron chi connectivity index (χ0n) is 6.18. The molecule has 72 valence electrons. The molecule has 0 spiro atoms. The molecule has 0 fully saturated rings. The molecule has 7 heteroatoms. The summed E-state index contributed by atoms with van der Waals surface area (Å²) in [5.41, 5.74) is 0. The summed E-state index contributed by atoms with van der Waals surface area (Å²) in [5, 5.41) is 0. The molecule has 0 heterocycles. The third-order valence-electron chi connectivity index (χ3n) is 1.14. The monoisotopic (exact) mass is 210 g/mol. The number of hydrogen-bond acceptors (Lipinski definition) is 3. The molecule has 1 N–H and O–H groups in total. The highest BCUT2D eigenvalue weighted by atomic mass is 31.2. The maximum Gasteiger partial charge on any atom is 0.559 e. The molecule has 0 saturated carbocycles. The Balaban J connectivity index is 2.86. The van der Waals surface area contributed by atoms with Crippen LogP contribution in [0.2, 0.25) is 0 Å². The molecule has 1 unspecified atom stereocenters. The topological polar surface area (TPSA) is 55.8 Å². The third-order valence-corrected chi connectivity index (χ3v) is 1.74. The van der Waals surface area contributed by atoms with E-state index in [4.69, 9.17) is 4.89 Å². The minimum atomic E-state index is -4.83. The lowest BCUT2D eigenvalue weighted by Gasteiger charge is -2.07. The van der Waals surface area contributed by atoms with Crippen LogP contribution in [0.4, 0.5) is 8.92 Å². The lowest BCUT2D eigenvalue weighted by atomic mass is 10.3. The molecular weight excluding hydrogens is 205 g/mol. The zero-order chi connectivity index (χ0) is 9.90. The molecule has 0 bridgehead atoms. The van der Waals surface area contributed by atoms with Gasteiger partial charge in [0.25, 0.3) is 0 Å². The van der Waals surface area contributed by atoms with Gasteiger partial charge in [-0.05, 0) is 16.7 Å². The molecule has 1 atom stereocenters. The smallest absolute Gasteiger partial charge is 0.399 e. The van der Waals surface area contributed by atoms with Crippen LogP contribution in [-0.2, 0) is 9.29 Å². The van der Waals surface area contributed by atoms with Gasteiger partial charge in [0.1, 0.15) is 0 Å². The highest BCUT2D eigenvalue weighted by molar-refractivity contribution is 7.47. The van der Waals surface area contributed by atoms with Crippen LogP contribution in [0.25, 0.3) is 0 Å². The average molecular weight is 210 g/mol. The molecule has 0 amide bonds. The van der Waals surface area contributed by atoms with Crippen molar-refractivity contribution >= 4 is 7.82 Å². The van der Waals surface area contributed by atoms with Crippen molar-refractivity contribution in [1.82, 2.24) is 0 Å². The van der Waals surface area contributed by atoms with Crippen molar-refractivity contribution in [3.05, 3.63) is 30.1 Å². The quantitative estimate of drug-likeness (QED) is 0.777. The van der Waals surface area contributed by atoms with Crippen molar-refractivity contribution < 1.29 is 27.6 Å². The summed E-state index contributed by atoms with van der Waals surface area (Å²) in [6.45, 7) is 0. The fourth-order valence-corrected chi connectivity index (χ4v) is 1.08. The van der Waals surface area contributed by atoms with Gasteiger partial charge in [0, 0.05) is 0 Å². The molecule has 0 aromatic heterocycles. The summed E-state index contributed by atoms with van der Waals surface area (Å²) in [6, 6.07) is 4.77. The van der Waals surface area contributed by atoms with E-state index >= 15 is 0 Å². The van der Waals surface area contributed by atoms with Crippen LogP contribution in [-0.4, -0.2) is 4.89 Å². The predicted molar refractivity (Wildman–Crippen MR) is 39.0 cm³/mol. The molecule has 0 aliphatic rings. The molecular formula is C6H5F2O4P. The van der Waals surface area contributed by atoms with Gasteiger partial charge in [0.2, 0.25) is 0 Å². The third kappa shape index (κ3) is 2.77. The second-order valence-corrected chi connectivity index (χ2v) is 3.32. The van der Waals surface area contributed by atoms with E-state index in [9.17, 15) is 13.5 Å².